The number of hydrogen-bond donors (Lipinski definition) is 0. The Labute approximate surface area is 117 Å². The summed E-state index contributed by atoms with van der Waals surface area (Å²) in [5.41, 5.74) is 2.93. The smallest absolute Gasteiger partial charge is 0.226 e. The molecule has 0 spiro atoms. The SMILES string of the molecule is c1ccc(COCc2coc(-c3ccccc3)n2)cc1. The van der Waals surface area contributed by atoms with Crippen molar-refractivity contribution in [3.63, 3.8) is 0 Å². The Bertz CT molecular complexity index is 647. The molecule has 1 heterocycles. The lowest BCUT2D eigenvalue weighted by Crippen LogP contribution is -1.94. The standard InChI is InChI=1S/C17H15NO2/c1-3-7-14(8-4-1)11-19-12-16-13-20-17(18-16)15-9-5-2-6-10-15/h1-10,13H,11-12H2. The molecule has 3 aromatic rings. The number of oxazole rings is 1. The van der Waals surface area contributed by atoms with E-state index in [1.165, 1.54) is 0 Å². The minimum absolute atomic E-state index is 0.450. The van der Waals surface area contributed by atoms with Crippen molar-refractivity contribution in [2.24, 2.45) is 0 Å². The molecule has 20 heavy (non-hydrogen) atoms. The van der Waals surface area contributed by atoms with Crippen LogP contribution in [-0.2, 0) is 18.0 Å². The van der Waals surface area contributed by atoms with E-state index in [0.717, 1.165) is 16.8 Å². The van der Waals surface area contributed by atoms with Crippen molar-refractivity contribution in [3.8, 4) is 11.5 Å². The van der Waals surface area contributed by atoms with Crippen LogP contribution in [0.3, 0.4) is 0 Å². The minimum atomic E-state index is 0.450. The summed E-state index contributed by atoms with van der Waals surface area (Å²) in [6, 6.07) is 19.9. The molecule has 0 amide bonds. The van der Waals surface area contributed by atoms with Crippen molar-refractivity contribution in [1.82, 2.24) is 4.98 Å². The van der Waals surface area contributed by atoms with Gasteiger partial charge < -0.3 is 9.15 Å². The normalized spacial score (nSPS) is 10.6. The Hall–Kier alpha value is -2.39. The van der Waals surface area contributed by atoms with Crippen molar-refractivity contribution in [2.75, 3.05) is 0 Å². The zero-order valence-corrected chi connectivity index (χ0v) is 11.0. The fraction of sp³-hybridized carbons (Fsp3) is 0.118. The number of nitrogens with zero attached hydrogens (tertiary/aromatic N) is 1. The van der Waals surface area contributed by atoms with E-state index in [-0.39, 0.29) is 0 Å². The van der Waals surface area contributed by atoms with E-state index in [1.54, 1.807) is 6.26 Å². The van der Waals surface area contributed by atoms with Crippen LogP contribution in [-0.4, -0.2) is 4.98 Å². The zero-order chi connectivity index (χ0) is 13.6. The van der Waals surface area contributed by atoms with Crippen LogP contribution in [0.5, 0.6) is 0 Å². The van der Waals surface area contributed by atoms with Crippen molar-refractivity contribution in [3.05, 3.63) is 78.2 Å². The maximum Gasteiger partial charge on any atom is 0.226 e. The third-order valence-corrected chi connectivity index (χ3v) is 2.93. The molecule has 1 aromatic heterocycles. The lowest BCUT2D eigenvalue weighted by atomic mass is 10.2. The summed E-state index contributed by atoms with van der Waals surface area (Å²) in [7, 11) is 0. The number of aromatic nitrogens is 1. The van der Waals surface area contributed by atoms with Crippen LogP contribution < -0.4 is 0 Å². The van der Waals surface area contributed by atoms with Crippen LogP contribution in [0.2, 0.25) is 0 Å². The number of rotatable bonds is 5. The second-order valence-electron chi connectivity index (χ2n) is 4.49. The predicted molar refractivity (Wildman–Crippen MR) is 76.9 cm³/mol. The molecule has 100 valence electrons. The Morgan fingerprint density at radius 1 is 0.850 bits per heavy atom. The van der Waals surface area contributed by atoms with Gasteiger partial charge in [0.15, 0.2) is 0 Å². The Balaban J connectivity index is 1.58. The van der Waals surface area contributed by atoms with E-state index >= 15 is 0 Å². The van der Waals surface area contributed by atoms with E-state index in [0.29, 0.717) is 19.1 Å². The van der Waals surface area contributed by atoms with Gasteiger partial charge in [-0.25, -0.2) is 4.98 Å². The first-order valence-electron chi connectivity index (χ1n) is 6.53. The van der Waals surface area contributed by atoms with Gasteiger partial charge in [0, 0.05) is 5.56 Å². The fourth-order valence-corrected chi connectivity index (χ4v) is 1.93. The summed E-state index contributed by atoms with van der Waals surface area (Å²) < 4.78 is 11.1. The molecule has 0 fully saturated rings. The van der Waals surface area contributed by atoms with Gasteiger partial charge in [-0.15, -0.1) is 0 Å². The molecule has 3 rings (SSSR count). The maximum absolute atomic E-state index is 5.63. The Morgan fingerprint density at radius 3 is 2.30 bits per heavy atom. The molecule has 0 unspecified atom stereocenters. The first kappa shape index (κ1) is 12.6. The highest BCUT2D eigenvalue weighted by Crippen LogP contribution is 2.18. The summed E-state index contributed by atoms with van der Waals surface area (Å²) in [6.45, 7) is 1.03. The largest absolute Gasteiger partial charge is 0.444 e. The lowest BCUT2D eigenvalue weighted by Gasteiger charge is -2.01. The van der Waals surface area contributed by atoms with Crippen LogP contribution in [0.1, 0.15) is 11.3 Å². The first-order chi connectivity index (χ1) is 9.92. The van der Waals surface area contributed by atoms with Crippen LogP contribution in [0, 0.1) is 0 Å². The minimum Gasteiger partial charge on any atom is -0.444 e. The fourth-order valence-electron chi connectivity index (χ4n) is 1.93. The molecular formula is C17H15NO2. The van der Waals surface area contributed by atoms with Gasteiger partial charge in [0.05, 0.1) is 13.2 Å². The highest BCUT2D eigenvalue weighted by Gasteiger charge is 2.06. The molecule has 0 aliphatic rings. The summed E-state index contributed by atoms with van der Waals surface area (Å²) in [5.74, 6) is 0.629. The summed E-state index contributed by atoms with van der Waals surface area (Å²) in [6.07, 6.45) is 1.65. The first-order valence-corrected chi connectivity index (χ1v) is 6.53. The number of ether oxygens (including phenoxy) is 1. The molecule has 0 aliphatic carbocycles. The molecule has 0 saturated carbocycles. The van der Waals surface area contributed by atoms with Crippen LogP contribution in [0.4, 0.5) is 0 Å². The number of hydrogen-bond acceptors (Lipinski definition) is 3. The summed E-state index contributed by atoms with van der Waals surface area (Å²) >= 11 is 0. The molecule has 3 nitrogen and oxygen atoms in total. The summed E-state index contributed by atoms with van der Waals surface area (Å²) in [5, 5.41) is 0. The van der Waals surface area contributed by atoms with E-state index < -0.39 is 0 Å². The van der Waals surface area contributed by atoms with Crippen molar-refractivity contribution in [1.29, 1.82) is 0 Å². The summed E-state index contributed by atoms with van der Waals surface area (Å²) in [4.78, 5) is 4.42. The van der Waals surface area contributed by atoms with Crippen molar-refractivity contribution >= 4 is 0 Å². The molecule has 2 aromatic carbocycles. The molecule has 0 atom stereocenters. The highest BCUT2D eigenvalue weighted by atomic mass is 16.5. The lowest BCUT2D eigenvalue weighted by molar-refractivity contribution is 0.104. The van der Waals surface area contributed by atoms with Gasteiger partial charge in [-0.2, -0.15) is 0 Å². The molecular weight excluding hydrogens is 250 g/mol. The third kappa shape index (κ3) is 3.13. The van der Waals surface area contributed by atoms with Crippen LogP contribution >= 0.6 is 0 Å². The van der Waals surface area contributed by atoms with Crippen LogP contribution in [0.15, 0.2) is 71.3 Å². The van der Waals surface area contributed by atoms with Gasteiger partial charge in [0.25, 0.3) is 0 Å². The van der Waals surface area contributed by atoms with E-state index in [4.69, 9.17) is 9.15 Å². The average Bonchev–Trinajstić information content (AvgIpc) is 2.98. The van der Waals surface area contributed by atoms with E-state index in [1.807, 2.05) is 60.7 Å². The van der Waals surface area contributed by atoms with E-state index in [2.05, 4.69) is 4.98 Å². The van der Waals surface area contributed by atoms with Gasteiger partial charge in [-0.3, -0.25) is 0 Å². The molecule has 0 saturated heterocycles. The Kier molecular flexibility index (Phi) is 3.90. The predicted octanol–water partition coefficient (Wildman–Crippen LogP) is 4.06. The molecule has 0 radical (unpaired) electrons. The van der Waals surface area contributed by atoms with Crippen molar-refractivity contribution < 1.29 is 9.15 Å². The topological polar surface area (TPSA) is 35.3 Å². The Morgan fingerprint density at radius 2 is 1.55 bits per heavy atom. The van der Waals surface area contributed by atoms with Gasteiger partial charge in [0.1, 0.15) is 12.0 Å². The maximum atomic E-state index is 5.63. The molecule has 0 N–H and O–H groups in total. The second kappa shape index (κ2) is 6.17. The van der Waals surface area contributed by atoms with Gasteiger partial charge >= 0.3 is 0 Å². The third-order valence-electron chi connectivity index (χ3n) is 2.93. The highest BCUT2D eigenvalue weighted by molar-refractivity contribution is 5.52. The number of benzene rings is 2. The monoisotopic (exact) mass is 265 g/mol. The molecule has 0 bridgehead atoms. The van der Waals surface area contributed by atoms with E-state index in [9.17, 15) is 0 Å². The molecule has 3 heteroatoms. The molecule has 0 aliphatic heterocycles. The van der Waals surface area contributed by atoms with Gasteiger partial charge in [-0.05, 0) is 17.7 Å². The van der Waals surface area contributed by atoms with Crippen molar-refractivity contribution in [2.45, 2.75) is 13.2 Å². The zero-order valence-electron chi connectivity index (χ0n) is 11.0. The van der Waals surface area contributed by atoms with Gasteiger partial charge in [0.2, 0.25) is 5.89 Å². The van der Waals surface area contributed by atoms with Gasteiger partial charge in [-0.1, -0.05) is 48.5 Å². The quantitative estimate of drug-likeness (QED) is 0.698. The van der Waals surface area contributed by atoms with Crippen LogP contribution in [0.25, 0.3) is 11.5 Å². The second-order valence-corrected chi connectivity index (χ2v) is 4.49. The average molecular weight is 265 g/mol.